The maximum atomic E-state index is 11.8. The summed E-state index contributed by atoms with van der Waals surface area (Å²) in [6.07, 6.45) is -0.710. The van der Waals surface area contributed by atoms with Crippen molar-refractivity contribution in [2.75, 3.05) is 11.9 Å². The first-order valence-electron chi connectivity index (χ1n) is 6.70. The number of carbonyl (C=O) groups is 2. The molecule has 0 aliphatic heterocycles. The number of nitrogens with one attached hydrogen (secondary N) is 1. The van der Waals surface area contributed by atoms with Gasteiger partial charge in [-0.25, -0.2) is 9.59 Å². The minimum absolute atomic E-state index is 0.191. The quantitative estimate of drug-likeness (QED) is 0.803. The number of halogens is 2. The van der Waals surface area contributed by atoms with Crippen molar-refractivity contribution < 1.29 is 19.1 Å². The molecule has 0 saturated carbocycles. The van der Waals surface area contributed by atoms with Gasteiger partial charge in [0.15, 0.2) is 5.75 Å². The van der Waals surface area contributed by atoms with E-state index in [1.165, 1.54) is 12.1 Å². The fraction of sp³-hybridized carbons (Fsp3) is 0.125. The summed E-state index contributed by atoms with van der Waals surface area (Å²) in [7, 11) is 0. The third-order valence-corrected chi connectivity index (χ3v) is 3.27. The van der Waals surface area contributed by atoms with Gasteiger partial charge >= 0.3 is 12.1 Å². The Labute approximate surface area is 143 Å². The molecule has 120 valence electrons. The molecule has 0 bridgehead atoms. The highest BCUT2D eigenvalue weighted by molar-refractivity contribution is 6.35. The first-order valence-corrected chi connectivity index (χ1v) is 7.46. The van der Waals surface area contributed by atoms with E-state index < -0.39 is 12.1 Å². The standard InChI is InChI=1S/C16H13Cl2NO4/c1-2-22-15(20)10-3-6-12(7-4-10)19-16(21)23-14-8-5-11(17)9-13(14)18/h3-9H,2H2,1H3,(H,19,21). The summed E-state index contributed by atoms with van der Waals surface area (Å²) in [4.78, 5) is 23.3. The van der Waals surface area contributed by atoms with E-state index in [0.717, 1.165) is 0 Å². The Balaban J connectivity index is 1.98. The van der Waals surface area contributed by atoms with Gasteiger partial charge in [-0.2, -0.15) is 0 Å². The Bertz CT molecular complexity index is 717. The monoisotopic (exact) mass is 353 g/mol. The van der Waals surface area contributed by atoms with Gasteiger partial charge < -0.3 is 9.47 Å². The molecule has 2 rings (SSSR count). The number of ether oxygens (including phenoxy) is 2. The lowest BCUT2D eigenvalue weighted by Gasteiger charge is -2.08. The number of hydrogen-bond donors (Lipinski definition) is 1. The van der Waals surface area contributed by atoms with E-state index >= 15 is 0 Å². The zero-order chi connectivity index (χ0) is 16.8. The van der Waals surface area contributed by atoms with Crippen molar-refractivity contribution in [2.45, 2.75) is 6.92 Å². The lowest BCUT2D eigenvalue weighted by molar-refractivity contribution is 0.0526. The molecule has 0 heterocycles. The molecule has 0 radical (unpaired) electrons. The number of benzene rings is 2. The second-order valence-corrected chi connectivity index (χ2v) is 5.23. The van der Waals surface area contributed by atoms with Crippen LogP contribution in [0, 0.1) is 0 Å². The lowest BCUT2D eigenvalue weighted by Crippen LogP contribution is -2.17. The van der Waals surface area contributed by atoms with Gasteiger partial charge in [0.1, 0.15) is 0 Å². The van der Waals surface area contributed by atoms with E-state index in [-0.39, 0.29) is 10.8 Å². The molecule has 5 nitrogen and oxygen atoms in total. The van der Waals surface area contributed by atoms with E-state index in [9.17, 15) is 9.59 Å². The van der Waals surface area contributed by atoms with E-state index in [0.29, 0.717) is 22.9 Å². The SMILES string of the molecule is CCOC(=O)c1ccc(NC(=O)Oc2ccc(Cl)cc2Cl)cc1. The van der Waals surface area contributed by atoms with Crippen molar-refractivity contribution in [3.8, 4) is 5.75 Å². The van der Waals surface area contributed by atoms with Crippen LogP contribution in [0.15, 0.2) is 42.5 Å². The molecular weight excluding hydrogens is 341 g/mol. The van der Waals surface area contributed by atoms with Gasteiger partial charge in [0.2, 0.25) is 0 Å². The molecular formula is C16H13Cl2NO4. The zero-order valence-corrected chi connectivity index (χ0v) is 13.6. The van der Waals surface area contributed by atoms with Crippen LogP contribution in [0.3, 0.4) is 0 Å². The van der Waals surface area contributed by atoms with Crippen molar-refractivity contribution in [3.63, 3.8) is 0 Å². The summed E-state index contributed by atoms with van der Waals surface area (Å²) in [5.74, 6) is -0.230. The highest BCUT2D eigenvalue weighted by Gasteiger charge is 2.10. The van der Waals surface area contributed by atoms with E-state index in [1.807, 2.05) is 0 Å². The predicted molar refractivity (Wildman–Crippen MR) is 88.5 cm³/mol. The largest absolute Gasteiger partial charge is 0.462 e. The molecule has 1 N–H and O–H groups in total. The Morgan fingerprint density at radius 1 is 1.09 bits per heavy atom. The van der Waals surface area contributed by atoms with Crippen molar-refractivity contribution >= 4 is 41.0 Å². The second-order valence-electron chi connectivity index (χ2n) is 4.39. The number of carbonyl (C=O) groups excluding carboxylic acids is 2. The third kappa shape index (κ3) is 4.87. The van der Waals surface area contributed by atoms with Crippen LogP contribution in [0.4, 0.5) is 10.5 Å². The molecule has 7 heteroatoms. The van der Waals surface area contributed by atoms with E-state index in [4.69, 9.17) is 32.7 Å². The number of anilines is 1. The molecule has 0 atom stereocenters. The van der Waals surface area contributed by atoms with Crippen LogP contribution in [0.2, 0.25) is 10.0 Å². The summed E-state index contributed by atoms with van der Waals surface area (Å²) in [6.45, 7) is 2.03. The average molecular weight is 354 g/mol. The normalized spacial score (nSPS) is 10.0. The third-order valence-electron chi connectivity index (χ3n) is 2.74. The Kier molecular flexibility index (Phi) is 5.84. The van der Waals surface area contributed by atoms with Crippen molar-refractivity contribution in [1.29, 1.82) is 0 Å². The number of esters is 1. The molecule has 0 spiro atoms. The zero-order valence-electron chi connectivity index (χ0n) is 12.1. The maximum absolute atomic E-state index is 11.8. The number of amides is 1. The van der Waals surface area contributed by atoms with Gasteiger partial charge in [-0.1, -0.05) is 23.2 Å². The fourth-order valence-corrected chi connectivity index (χ4v) is 2.15. The van der Waals surface area contributed by atoms with Gasteiger partial charge in [0.05, 0.1) is 17.2 Å². The topological polar surface area (TPSA) is 64.6 Å². The van der Waals surface area contributed by atoms with Crippen LogP contribution in [-0.2, 0) is 4.74 Å². The number of rotatable bonds is 4. The highest BCUT2D eigenvalue weighted by atomic mass is 35.5. The molecule has 0 saturated heterocycles. The summed E-state index contributed by atoms with van der Waals surface area (Å²) in [5.41, 5.74) is 0.861. The Morgan fingerprint density at radius 2 is 1.78 bits per heavy atom. The number of hydrogen-bond acceptors (Lipinski definition) is 4. The first-order chi connectivity index (χ1) is 11.0. The van der Waals surface area contributed by atoms with Crippen LogP contribution in [0.25, 0.3) is 0 Å². The smallest absolute Gasteiger partial charge is 0.417 e. The van der Waals surface area contributed by atoms with Crippen LogP contribution in [0.5, 0.6) is 5.75 Å². The summed E-state index contributed by atoms with van der Waals surface area (Å²) in [5, 5.41) is 3.19. The molecule has 0 aromatic heterocycles. The molecule has 0 fully saturated rings. The minimum Gasteiger partial charge on any atom is -0.462 e. The van der Waals surface area contributed by atoms with E-state index in [1.54, 1.807) is 37.3 Å². The first kappa shape index (κ1) is 17.1. The molecule has 1 amide bonds. The summed E-state index contributed by atoms with van der Waals surface area (Å²) < 4.78 is 9.96. The van der Waals surface area contributed by atoms with Gasteiger partial charge in [0, 0.05) is 10.7 Å². The second kappa shape index (κ2) is 7.85. The van der Waals surface area contributed by atoms with E-state index in [2.05, 4.69) is 5.32 Å². The van der Waals surface area contributed by atoms with Gasteiger partial charge in [0.25, 0.3) is 0 Å². The summed E-state index contributed by atoms with van der Waals surface area (Å²) >= 11 is 11.7. The molecule has 0 unspecified atom stereocenters. The predicted octanol–water partition coefficient (Wildman–Crippen LogP) is 4.78. The minimum atomic E-state index is -0.710. The molecule has 2 aromatic carbocycles. The van der Waals surface area contributed by atoms with Gasteiger partial charge in [-0.05, 0) is 49.4 Å². The van der Waals surface area contributed by atoms with Crippen LogP contribution in [0.1, 0.15) is 17.3 Å². The van der Waals surface area contributed by atoms with Gasteiger partial charge in [-0.15, -0.1) is 0 Å². The van der Waals surface area contributed by atoms with Crippen LogP contribution in [-0.4, -0.2) is 18.7 Å². The molecule has 0 aliphatic carbocycles. The van der Waals surface area contributed by atoms with Crippen LogP contribution < -0.4 is 10.1 Å². The molecule has 23 heavy (non-hydrogen) atoms. The van der Waals surface area contributed by atoms with Crippen LogP contribution >= 0.6 is 23.2 Å². The Hall–Kier alpha value is -2.24. The van der Waals surface area contributed by atoms with Crippen molar-refractivity contribution in [3.05, 3.63) is 58.1 Å². The fourth-order valence-electron chi connectivity index (χ4n) is 1.71. The molecule has 2 aromatic rings. The average Bonchev–Trinajstić information content (AvgIpc) is 2.51. The maximum Gasteiger partial charge on any atom is 0.417 e. The van der Waals surface area contributed by atoms with Crippen molar-refractivity contribution in [2.24, 2.45) is 0 Å². The highest BCUT2D eigenvalue weighted by Crippen LogP contribution is 2.27. The molecule has 0 aliphatic rings. The Morgan fingerprint density at radius 3 is 2.39 bits per heavy atom. The summed E-state index contributed by atoms with van der Waals surface area (Å²) in [6, 6.07) is 10.7. The van der Waals surface area contributed by atoms with Gasteiger partial charge in [-0.3, -0.25) is 5.32 Å². The lowest BCUT2D eigenvalue weighted by atomic mass is 10.2. The van der Waals surface area contributed by atoms with Crippen molar-refractivity contribution in [1.82, 2.24) is 0 Å².